The van der Waals surface area contributed by atoms with Gasteiger partial charge in [0.15, 0.2) is 0 Å². The smallest absolute Gasteiger partial charge is 0.240 e. The molecule has 0 saturated heterocycles. The van der Waals surface area contributed by atoms with Crippen molar-refractivity contribution in [1.82, 2.24) is 4.72 Å². The zero-order valence-corrected chi connectivity index (χ0v) is 12.5. The van der Waals surface area contributed by atoms with E-state index in [1.54, 1.807) is 12.1 Å². The Morgan fingerprint density at radius 1 is 1.22 bits per heavy atom. The van der Waals surface area contributed by atoms with E-state index < -0.39 is 10.0 Å². The fourth-order valence-electron chi connectivity index (χ4n) is 1.34. The van der Waals surface area contributed by atoms with Crippen LogP contribution in [0.15, 0.2) is 45.1 Å². The second-order valence-electron chi connectivity index (χ2n) is 3.59. The van der Waals surface area contributed by atoms with Gasteiger partial charge in [-0.2, -0.15) is 0 Å². The first-order valence-electron chi connectivity index (χ1n) is 5.06. The number of sulfonamides is 1. The molecule has 0 amide bonds. The minimum Gasteiger partial charge on any atom is -0.399 e. The molecule has 96 valence electrons. The molecule has 0 aliphatic heterocycles. The van der Waals surface area contributed by atoms with Gasteiger partial charge in [-0.25, -0.2) is 13.1 Å². The average Bonchev–Trinajstić information content (AvgIpc) is 2.73. The van der Waals surface area contributed by atoms with Crippen LogP contribution in [0, 0.1) is 0 Å². The van der Waals surface area contributed by atoms with E-state index in [1.165, 1.54) is 23.5 Å². The van der Waals surface area contributed by atoms with Gasteiger partial charge in [0.1, 0.15) is 0 Å². The maximum atomic E-state index is 12.0. The second kappa shape index (κ2) is 5.40. The lowest BCUT2D eigenvalue weighted by Crippen LogP contribution is -2.22. The third-order valence-corrected chi connectivity index (χ3v) is 5.65. The summed E-state index contributed by atoms with van der Waals surface area (Å²) in [6.45, 7) is 0.269. The van der Waals surface area contributed by atoms with Crippen LogP contribution in [0.3, 0.4) is 0 Å². The predicted molar refractivity (Wildman–Crippen MR) is 76.9 cm³/mol. The van der Waals surface area contributed by atoms with Crippen LogP contribution in [-0.4, -0.2) is 8.42 Å². The van der Waals surface area contributed by atoms with E-state index in [0.717, 1.165) is 9.35 Å². The number of nitrogen functional groups attached to an aromatic ring is 1. The molecule has 0 saturated carbocycles. The normalized spacial score (nSPS) is 11.6. The lowest BCUT2D eigenvalue weighted by atomic mass is 10.3. The zero-order valence-electron chi connectivity index (χ0n) is 9.26. The summed E-state index contributed by atoms with van der Waals surface area (Å²) >= 11 is 4.85. The van der Waals surface area contributed by atoms with Crippen molar-refractivity contribution in [1.29, 1.82) is 0 Å². The van der Waals surface area contributed by atoms with E-state index in [4.69, 9.17) is 5.73 Å². The Balaban J connectivity index is 2.13. The summed E-state index contributed by atoms with van der Waals surface area (Å²) in [7, 11) is -3.49. The van der Waals surface area contributed by atoms with E-state index in [1.807, 2.05) is 11.4 Å². The molecule has 0 atom stereocenters. The molecule has 18 heavy (non-hydrogen) atoms. The Kier molecular flexibility index (Phi) is 4.06. The Bertz CT molecular complexity index is 635. The maximum absolute atomic E-state index is 12.0. The molecule has 0 unspecified atom stereocenters. The van der Waals surface area contributed by atoms with Crippen LogP contribution >= 0.6 is 27.3 Å². The molecule has 0 aliphatic carbocycles. The molecular weight excluding hydrogens is 336 g/mol. The summed E-state index contributed by atoms with van der Waals surface area (Å²) in [5.41, 5.74) is 6.06. The summed E-state index contributed by atoms with van der Waals surface area (Å²) in [5.74, 6) is 0. The Morgan fingerprint density at radius 2 is 1.89 bits per heavy atom. The van der Waals surface area contributed by atoms with E-state index in [9.17, 15) is 8.42 Å². The molecule has 1 aromatic carbocycles. The van der Waals surface area contributed by atoms with Crippen molar-refractivity contribution in [3.8, 4) is 0 Å². The summed E-state index contributed by atoms with van der Waals surface area (Å²) in [5, 5.41) is 1.90. The van der Waals surface area contributed by atoms with Crippen LogP contribution in [0.2, 0.25) is 0 Å². The Morgan fingerprint density at radius 3 is 2.44 bits per heavy atom. The number of thiophene rings is 1. The van der Waals surface area contributed by atoms with Crippen molar-refractivity contribution in [3.05, 3.63) is 45.1 Å². The minimum absolute atomic E-state index is 0.212. The fraction of sp³-hybridized carbons (Fsp3) is 0.0909. The van der Waals surface area contributed by atoms with E-state index in [2.05, 4.69) is 20.7 Å². The highest BCUT2D eigenvalue weighted by atomic mass is 79.9. The number of nitrogens with two attached hydrogens (primary N) is 1. The number of hydrogen-bond donors (Lipinski definition) is 2. The van der Waals surface area contributed by atoms with Gasteiger partial charge in [0.25, 0.3) is 0 Å². The first kappa shape index (κ1) is 13.5. The molecule has 1 heterocycles. The Labute approximate surface area is 118 Å². The summed E-state index contributed by atoms with van der Waals surface area (Å²) in [6, 6.07) is 7.99. The second-order valence-corrected chi connectivity index (χ2v) is 7.21. The van der Waals surface area contributed by atoms with Gasteiger partial charge in [0.05, 0.1) is 4.90 Å². The van der Waals surface area contributed by atoms with Crippen LogP contribution < -0.4 is 10.5 Å². The molecule has 7 heteroatoms. The summed E-state index contributed by atoms with van der Waals surface area (Å²) in [4.78, 5) is 1.15. The van der Waals surface area contributed by atoms with Gasteiger partial charge in [0.2, 0.25) is 10.0 Å². The van der Waals surface area contributed by atoms with E-state index >= 15 is 0 Å². The van der Waals surface area contributed by atoms with Crippen LogP contribution in [0.25, 0.3) is 0 Å². The number of anilines is 1. The molecule has 0 radical (unpaired) electrons. The molecule has 0 fully saturated rings. The monoisotopic (exact) mass is 346 g/mol. The van der Waals surface area contributed by atoms with Crippen LogP contribution in [0.4, 0.5) is 5.69 Å². The zero-order chi connectivity index (χ0) is 13.2. The quantitative estimate of drug-likeness (QED) is 0.835. The van der Waals surface area contributed by atoms with Crippen LogP contribution in [0.1, 0.15) is 4.88 Å². The number of benzene rings is 1. The Hall–Kier alpha value is -0.890. The van der Waals surface area contributed by atoms with E-state index in [0.29, 0.717) is 5.69 Å². The highest BCUT2D eigenvalue weighted by Gasteiger charge is 2.14. The SMILES string of the molecule is Nc1ccc(S(=O)(=O)NCc2sccc2Br)cc1. The summed E-state index contributed by atoms with van der Waals surface area (Å²) < 4.78 is 27.4. The van der Waals surface area contributed by atoms with Crippen molar-refractivity contribution >= 4 is 43.0 Å². The fourth-order valence-corrected chi connectivity index (χ4v) is 3.86. The predicted octanol–water partition coefficient (Wildman–Crippen LogP) is 2.57. The molecule has 0 bridgehead atoms. The molecule has 3 N–H and O–H groups in total. The van der Waals surface area contributed by atoms with Crippen LogP contribution in [-0.2, 0) is 16.6 Å². The van der Waals surface area contributed by atoms with Gasteiger partial charge in [-0.1, -0.05) is 0 Å². The third-order valence-electron chi connectivity index (χ3n) is 2.30. The van der Waals surface area contributed by atoms with Crippen molar-refractivity contribution < 1.29 is 8.42 Å². The molecule has 4 nitrogen and oxygen atoms in total. The first-order chi connectivity index (χ1) is 8.49. The van der Waals surface area contributed by atoms with Gasteiger partial charge in [-0.15, -0.1) is 11.3 Å². The van der Waals surface area contributed by atoms with Gasteiger partial charge in [-0.3, -0.25) is 0 Å². The number of nitrogens with one attached hydrogen (secondary N) is 1. The maximum Gasteiger partial charge on any atom is 0.240 e. The number of rotatable bonds is 4. The topological polar surface area (TPSA) is 72.2 Å². The lowest BCUT2D eigenvalue weighted by molar-refractivity contribution is 0.582. The standard InChI is InChI=1S/C11H11BrN2O2S2/c12-10-5-6-17-11(10)7-14-18(15,16)9-3-1-8(13)2-4-9/h1-6,14H,7,13H2. The van der Waals surface area contributed by atoms with Gasteiger partial charge in [-0.05, 0) is 51.6 Å². The molecule has 1 aromatic heterocycles. The van der Waals surface area contributed by atoms with E-state index in [-0.39, 0.29) is 11.4 Å². The van der Waals surface area contributed by atoms with Crippen molar-refractivity contribution in [3.63, 3.8) is 0 Å². The number of hydrogen-bond acceptors (Lipinski definition) is 4. The highest BCUT2D eigenvalue weighted by Crippen LogP contribution is 2.23. The molecular formula is C11H11BrN2O2S2. The molecule has 2 rings (SSSR count). The van der Waals surface area contributed by atoms with Gasteiger partial charge in [0, 0.05) is 21.6 Å². The third kappa shape index (κ3) is 3.11. The van der Waals surface area contributed by atoms with Gasteiger partial charge >= 0.3 is 0 Å². The highest BCUT2D eigenvalue weighted by molar-refractivity contribution is 9.10. The summed E-state index contributed by atoms with van der Waals surface area (Å²) in [6.07, 6.45) is 0. The van der Waals surface area contributed by atoms with Crippen molar-refractivity contribution in [2.45, 2.75) is 11.4 Å². The molecule has 0 aliphatic rings. The minimum atomic E-state index is -3.49. The van der Waals surface area contributed by atoms with Crippen molar-refractivity contribution in [2.75, 3.05) is 5.73 Å². The van der Waals surface area contributed by atoms with Crippen molar-refractivity contribution in [2.24, 2.45) is 0 Å². The lowest BCUT2D eigenvalue weighted by Gasteiger charge is -2.06. The largest absolute Gasteiger partial charge is 0.399 e. The van der Waals surface area contributed by atoms with Crippen LogP contribution in [0.5, 0.6) is 0 Å². The van der Waals surface area contributed by atoms with Gasteiger partial charge < -0.3 is 5.73 Å². The average molecular weight is 347 g/mol. The first-order valence-corrected chi connectivity index (χ1v) is 8.22. The number of halogens is 1. The molecule has 0 spiro atoms. The molecule has 2 aromatic rings.